The Morgan fingerprint density at radius 2 is 1.78 bits per heavy atom. The van der Waals surface area contributed by atoms with Gasteiger partial charge in [-0.25, -0.2) is 0 Å². The summed E-state index contributed by atoms with van der Waals surface area (Å²) in [4.78, 5) is 2.69. The molecule has 0 bridgehead atoms. The quantitative estimate of drug-likeness (QED) is 0.814. The largest absolute Gasteiger partial charge is 0.327 e. The molecule has 0 aromatic heterocycles. The van der Waals surface area contributed by atoms with E-state index in [1.807, 2.05) is 0 Å². The van der Waals surface area contributed by atoms with Crippen molar-refractivity contribution >= 4 is 0 Å². The number of hydrogen-bond acceptors (Lipinski definition) is 2. The normalized spacial score (nSPS) is 36.0. The van der Waals surface area contributed by atoms with Crippen LogP contribution in [-0.4, -0.2) is 30.6 Å². The second-order valence-electron chi connectivity index (χ2n) is 7.34. The van der Waals surface area contributed by atoms with Gasteiger partial charge >= 0.3 is 0 Å². The number of nitrogens with zero attached hydrogens (tertiary/aromatic N) is 1. The molecule has 18 heavy (non-hydrogen) atoms. The van der Waals surface area contributed by atoms with E-state index in [4.69, 9.17) is 5.73 Å². The first kappa shape index (κ1) is 14.3. The standard InChI is InChI=1S/C16H32N2/c1-5-18(10-13-6-7-13)11-14-8-9-15(17)12(2)16(14,3)4/h12-15H,5-11,17H2,1-4H3. The maximum atomic E-state index is 6.26. The van der Waals surface area contributed by atoms with Crippen molar-refractivity contribution < 1.29 is 0 Å². The summed E-state index contributed by atoms with van der Waals surface area (Å²) < 4.78 is 0. The van der Waals surface area contributed by atoms with Gasteiger partial charge in [-0.05, 0) is 55.4 Å². The van der Waals surface area contributed by atoms with E-state index < -0.39 is 0 Å². The zero-order valence-electron chi connectivity index (χ0n) is 12.8. The van der Waals surface area contributed by atoms with Gasteiger partial charge in [-0.15, -0.1) is 0 Å². The average Bonchev–Trinajstić information content (AvgIpc) is 3.13. The first-order valence-corrected chi connectivity index (χ1v) is 7.93. The molecule has 2 N–H and O–H groups in total. The highest BCUT2D eigenvalue weighted by molar-refractivity contribution is 4.94. The van der Waals surface area contributed by atoms with Crippen LogP contribution in [0.1, 0.15) is 53.4 Å². The molecule has 2 nitrogen and oxygen atoms in total. The maximum Gasteiger partial charge on any atom is 0.00698 e. The van der Waals surface area contributed by atoms with Gasteiger partial charge in [0, 0.05) is 19.1 Å². The molecule has 2 aliphatic rings. The monoisotopic (exact) mass is 252 g/mol. The Labute approximate surface area is 113 Å². The smallest absolute Gasteiger partial charge is 0.00698 e. The molecule has 106 valence electrons. The third kappa shape index (κ3) is 3.08. The van der Waals surface area contributed by atoms with Gasteiger partial charge in [0.15, 0.2) is 0 Å². The number of nitrogens with two attached hydrogens (primary N) is 1. The Morgan fingerprint density at radius 1 is 1.11 bits per heavy atom. The van der Waals surface area contributed by atoms with E-state index in [-0.39, 0.29) is 0 Å². The second kappa shape index (κ2) is 5.50. The third-order valence-corrected chi connectivity index (χ3v) is 5.86. The molecule has 2 saturated carbocycles. The van der Waals surface area contributed by atoms with E-state index in [0.717, 1.165) is 11.8 Å². The van der Waals surface area contributed by atoms with Crippen LogP contribution in [0, 0.1) is 23.2 Å². The summed E-state index contributed by atoms with van der Waals surface area (Å²) in [6.45, 7) is 13.4. The molecule has 0 amide bonds. The van der Waals surface area contributed by atoms with Crippen LogP contribution < -0.4 is 5.73 Å². The predicted molar refractivity (Wildman–Crippen MR) is 78.5 cm³/mol. The zero-order valence-corrected chi connectivity index (χ0v) is 12.8. The van der Waals surface area contributed by atoms with Crippen molar-refractivity contribution in [2.75, 3.05) is 19.6 Å². The molecule has 2 rings (SSSR count). The van der Waals surface area contributed by atoms with Crippen molar-refractivity contribution in [3.8, 4) is 0 Å². The third-order valence-electron chi connectivity index (χ3n) is 5.86. The minimum absolute atomic E-state index is 0.397. The zero-order chi connectivity index (χ0) is 13.3. The Bertz CT molecular complexity index is 270. The van der Waals surface area contributed by atoms with Gasteiger partial charge in [-0.1, -0.05) is 27.7 Å². The van der Waals surface area contributed by atoms with Crippen LogP contribution in [0.3, 0.4) is 0 Å². The molecule has 2 fully saturated rings. The van der Waals surface area contributed by atoms with Crippen LogP contribution >= 0.6 is 0 Å². The van der Waals surface area contributed by atoms with Gasteiger partial charge in [0.25, 0.3) is 0 Å². The first-order chi connectivity index (χ1) is 8.45. The molecular weight excluding hydrogens is 220 g/mol. The molecule has 0 heterocycles. The fraction of sp³-hybridized carbons (Fsp3) is 1.00. The summed E-state index contributed by atoms with van der Waals surface area (Å²) in [6, 6.07) is 0.412. The number of rotatable bonds is 5. The van der Waals surface area contributed by atoms with E-state index in [9.17, 15) is 0 Å². The van der Waals surface area contributed by atoms with E-state index in [1.165, 1.54) is 45.3 Å². The summed E-state index contributed by atoms with van der Waals surface area (Å²) in [6.07, 6.45) is 5.47. The van der Waals surface area contributed by atoms with Crippen molar-refractivity contribution in [3.63, 3.8) is 0 Å². The van der Waals surface area contributed by atoms with Crippen molar-refractivity contribution in [1.82, 2.24) is 4.90 Å². The average molecular weight is 252 g/mol. The molecule has 3 unspecified atom stereocenters. The van der Waals surface area contributed by atoms with Gasteiger partial charge in [0.05, 0.1) is 0 Å². The summed E-state index contributed by atoms with van der Waals surface area (Å²) in [5.41, 5.74) is 6.65. The molecule has 0 radical (unpaired) electrons. The Balaban J connectivity index is 1.93. The highest BCUT2D eigenvalue weighted by atomic mass is 15.1. The van der Waals surface area contributed by atoms with Crippen molar-refractivity contribution in [3.05, 3.63) is 0 Å². The van der Waals surface area contributed by atoms with Gasteiger partial charge in [-0.3, -0.25) is 0 Å². The lowest BCUT2D eigenvalue weighted by Gasteiger charge is -2.48. The van der Waals surface area contributed by atoms with Gasteiger partial charge in [-0.2, -0.15) is 0 Å². The van der Waals surface area contributed by atoms with Gasteiger partial charge in [0.2, 0.25) is 0 Å². The van der Waals surface area contributed by atoms with Crippen LogP contribution in [-0.2, 0) is 0 Å². The SMILES string of the molecule is CCN(CC1CC1)CC1CCC(N)C(C)C1(C)C. The molecule has 2 aliphatic carbocycles. The van der Waals surface area contributed by atoms with Crippen LogP contribution in [0.4, 0.5) is 0 Å². The summed E-state index contributed by atoms with van der Waals surface area (Å²) in [7, 11) is 0. The Hall–Kier alpha value is -0.0800. The fourth-order valence-electron chi connectivity index (χ4n) is 3.58. The predicted octanol–water partition coefficient (Wildman–Crippen LogP) is 3.12. The van der Waals surface area contributed by atoms with E-state index in [2.05, 4.69) is 32.6 Å². The van der Waals surface area contributed by atoms with Crippen molar-refractivity contribution in [1.29, 1.82) is 0 Å². The molecule has 0 aromatic rings. The van der Waals surface area contributed by atoms with E-state index in [1.54, 1.807) is 0 Å². The molecule has 3 atom stereocenters. The lowest BCUT2D eigenvalue weighted by Crippen LogP contribution is -2.50. The second-order valence-corrected chi connectivity index (χ2v) is 7.34. The topological polar surface area (TPSA) is 29.3 Å². The number of hydrogen-bond donors (Lipinski definition) is 1. The van der Waals surface area contributed by atoms with E-state index in [0.29, 0.717) is 17.4 Å². The summed E-state index contributed by atoms with van der Waals surface area (Å²) in [5.74, 6) is 2.48. The highest BCUT2D eigenvalue weighted by Gasteiger charge is 2.42. The lowest BCUT2D eigenvalue weighted by molar-refractivity contribution is 0.0287. The molecule has 0 aliphatic heterocycles. The van der Waals surface area contributed by atoms with Gasteiger partial charge < -0.3 is 10.6 Å². The van der Waals surface area contributed by atoms with Crippen LogP contribution in [0.2, 0.25) is 0 Å². The summed E-state index contributed by atoms with van der Waals surface area (Å²) in [5, 5.41) is 0. The van der Waals surface area contributed by atoms with Gasteiger partial charge in [0.1, 0.15) is 0 Å². The first-order valence-electron chi connectivity index (χ1n) is 7.93. The van der Waals surface area contributed by atoms with Crippen molar-refractivity contribution in [2.45, 2.75) is 59.4 Å². The van der Waals surface area contributed by atoms with Crippen molar-refractivity contribution in [2.24, 2.45) is 28.9 Å². The maximum absolute atomic E-state index is 6.26. The van der Waals surface area contributed by atoms with Crippen LogP contribution in [0.5, 0.6) is 0 Å². The Morgan fingerprint density at radius 3 is 2.33 bits per heavy atom. The van der Waals surface area contributed by atoms with Crippen LogP contribution in [0.15, 0.2) is 0 Å². The minimum atomic E-state index is 0.397. The lowest BCUT2D eigenvalue weighted by atomic mass is 9.61. The molecule has 2 heteroatoms. The molecule has 0 spiro atoms. The fourth-order valence-corrected chi connectivity index (χ4v) is 3.58. The van der Waals surface area contributed by atoms with Crippen LogP contribution in [0.25, 0.3) is 0 Å². The highest BCUT2D eigenvalue weighted by Crippen LogP contribution is 2.44. The van der Waals surface area contributed by atoms with E-state index >= 15 is 0 Å². The molecular formula is C16H32N2. The summed E-state index contributed by atoms with van der Waals surface area (Å²) >= 11 is 0. The molecule has 0 aromatic carbocycles. The minimum Gasteiger partial charge on any atom is -0.327 e. The molecule has 0 saturated heterocycles. The Kier molecular flexibility index (Phi) is 4.38.